The fraction of sp³-hybridized carbons (Fsp3) is 0.938. The van der Waals surface area contributed by atoms with Gasteiger partial charge in [0.05, 0.1) is 5.92 Å². The van der Waals surface area contributed by atoms with Crippen LogP contribution < -0.4 is 0 Å². The molecule has 2 atom stereocenters. The first-order chi connectivity index (χ1) is 13.2. The third-order valence-corrected chi connectivity index (χ3v) is 4.55. The Balaban J connectivity index is 5.68. The van der Waals surface area contributed by atoms with Gasteiger partial charge in [0.25, 0.3) is 0 Å². The van der Waals surface area contributed by atoms with Crippen LogP contribution in [0.3, 0.4) is 0 Å². The monoisotopic (exact) mass is 472 g/mol. The average molecular weight is 472 g/mol. The number of carbonyl (C=O) groups excluding carboxylic acids is 1. The lowest BCUT2D eigenvalue weighted by molar-refractivity contribution is -0.414. The van der Waals surface area contributed by atoms with E-state index in [0.29, 0.717) is 6.42 Å². The third kappa shape index (κ3) is 5.09. The molecule has 180 valence electrons. The lowest BCUT2D eigenvalue weighted by atomic mass is 9.92. The maximum atomic E-state index is 13.6. The molecule has 0 spiro atoms. The molecule has 2 unspecified atom stereocenters. The Morgan fingerprint density at radius 2 is 1.27 bits per heavy atom. The Morgan fingerprint density at radius 3 is 1.63 bits per heavy atom. The predicted octanol–water partition coefficient (Wildman–Crippen LogP) is 6.43. The molecular weight excluding hydrogens is 452 g/mol. The van der Waals surface area contributed by atoms with Crippen LogP contribution in [0.25, 0.3) is 0 Å². The van der Waals surface area contributed by atoms with Crippen molar-refractivity contribution in [2.24, 2.45) is 11.8 Å². The molecule has 0 saturated heterocycles. The van der Waals surface area contributed by atoms with Gasteiger partial charge in [-0.3, -0.25) is 4.79 Å². The summed E-state index contributed by atoms with van der Waals surface area (Å²) in [5.74, 6) is -38.6. The first-order valence-electron chi connectivity index (χ1n) is 8.58. The van der Waals surface area contributed by atoms with Gasteiger partial charge in [0, 0.05) is 0 Å². The second-order valence-electron chi connectivity index (χ2n) is 6.81. The minimum Gasteiger partial charge on any atom is -0.459 e. The molecule has 30 heavy (non-hydrogen) atoms. The maximum absolute atomic E-state index is 13.6. The number of hydrogen-bond donors (Lipinski definition) is 0. The lowest BCUT2D eigenvalue weighted by Gasteiger charge is -2.39. The van der Waals surface area contributed by atoms with Gasteiger partial charge in [0.1, 0.15) is 0 Å². The molecule has 14 heteroatoms. The molecule has 0 N–H and O–H groups in total. The summed E-state index contributed by atoms with van der Waals surface area (Å²) in [6.07, 6.45) is -5.02. The molecule has 0 aliphatic heterocycles. The number of esters is 1. The van der Waals surface area contributed by atoms with Crippen molar-refractivity contribution in [3.63, 3.8) is 0 Å². The second kappa shape index (κ2) is 9.41. The largest absolute Gasteiger partial charge is 0.459 e. The van der Waals surface area contributed by atoms with Crippen molar-refractivity contribution >= 4 is 5.97 Å². The van der Waals surface area contributed by atoms with E-state index in [-0.39, 0.29) is 18.8 Å². The van der Waals surface area contributed by atoms with Crippen LogP contribution >= 0.6 is 0 Å². The molecule has 0 heterocycles. The van der Waals surface area contributed by atoms with Gasteiger partial charge in [-0.2, -0.15) is 43.9 Å². The number of carbonyl (C=O) groups is 1. The molecule has 2 nitrogen and oxygen atoms in total. The minimum absolute atomic E-state index is 0.0278. The van der Waals surface area contributed by atoms with E-state index in [9.17, 15) is 57.5 Å². The second-order valence-corrected chi connectivity index (χ2v) is 6.81. The van der Waals surface area contributed by atoms with E-state index in [2.05, 4.69) is 4.74 Å². The van der Waals surface area contributed by atoms with Crippen LogP contribution in [0.2, 0.25) is 0 Å². The van der Waals surface area contributed by atoms with Crippen LogP contribution in [0.15, 0.2) is 0 Å². The maximum Gasteiger partial charge on any atom is 0.384 e. The van der Waals surface area contributed by atoms with Gasteiger partial charge in [0.2, 0.25) is 0 Å². The van der Waals surface area contributed by atoms with E-state index in [0.717, 1.165) is 0 Å². The zero-order valence-corrected chi connectivity index (χ0v) is 15.9. The predicted molar refractivity (Wildman–Crippen MR) is 79.6 cm³/mol. The molecule has 0 amide bonds. The average Bonchev–Trinajstić information content (AvgIpc) is 2.62. The van der Waals surface area contributed by atoms with Crippen LogP contribution in [0.1, 0.15) is 40.0 Å². The SMILES string of the molecule is CCC(C)CC(CC)C(=O)OCC(F)(F)C(F)(F)C(F)(F)C(F)(F)C(F)(F)C(F)F. The molecule has 0 saturated carbocycles. The highest BCUT2D eigenvalue weighted by molar-refractivity contribution is 5.72. The number of hydrogen-bond acceptors (Lipinski definition) is 2. The van der Waals surface area contributed by atoms with Gasteiger partial charge in [-0.1, -0.05) is 27.2 Å². The Labute approximate surface area is 163 Å². The highest BCUT2D eigenvalue weighted by Gasteiger charge is 2.87. The van der Waals surface area contributed by atoms with Gasteiger partial charge in [-0.15, -0.1) is 0 Å². The van der Waals surface area contributed by atoms with E-state index < -0.39 is 54.5 Å². The first-order valence-corrected chi connectivity index (χ1v) is 8.58. The van der Waals surface area contributed by atoms with Crippen molar-refractivity contribution in [3.05, 3.63) is 0 Å². The topological polar surface area (TPSA) is 26.3 Å². The van der Waals surface area contributed by atoms with Crippen molar-refractivity contribution < 1.29 is 62.2 Å². The Hall–Kier alpha value is -1.37. The van der Waals surface area contributed by atoms with Gasteiger partial charge in [0.15, 0.2) is 6.61 Å². The summed E-state index contributed by atoms with van der Waals surface area (Å²) in [5.41, 5.74) is 0. The minimum atomic E-state index is -7.63. The standard InChI is InChI=1S/C16H20F12O2/c1-4-8(3)6-9(5-2)10(29)30-7-12(19,20)14(23,24)16(27,28)15(25,26)13(21,22)11(17)18/h8-9,11H,4-7H2,1-3H3. The van der Waals surface area contributed by atoms with Crippen molar-refractivity contribution in [1.29, 1.82) is 0 Å². The van der Waals surface area contributed by atoms with Crippen LogP contribution in [0.5, 0.6) is 0 Å². The van der Waals surface area contributed by atoms with Gasteiger partial charge >= 0.3 is 42.0 Å². The Bertz CT molecular complexity index is 577. The molecule has 0 aromatic rings. The van der Waals surface area contributed by atoms with Crippen molar-refractivity contribution in [3.8, 4) is 0 Å². The molecule has 0 aromatic heterocycles. The van der Waals surface area contributed by atoms with Crippen molar-refractivity contribution in [2.75, 3.05) is 6.61 Å². The Kier molecular flexibility index (Phi) is 8.98. The third-order valence-electron chi connectivity index (χ3n) is 4.55. The zero-order valence-electron chi connectivity index (χ0n) is 15.9. The van der Waals surface area contributed by atoms with E-state index in [1.54, 1.807) is 13.8 Å². The molecular formula is C16H20F12O2. The lowest BCUT2D eigenvalue weighted by Crippen LogP contribution is -2.69. The van der Waals surface area contributed by atoms with E-state index >= 15 is 0 Å². The van der Waals surface area contributed by atoms with Crippen LogP contribution in [0.4, 0.5) is 52.7 Å². The highest BCUT2D eigenvalue weighted by Crippen LogP contribution is 2.58. The summed E-state index contributed by atoms with van der Waals surface area (Å²) in [6.45, 7) is 1.88. The highest BCUT2D eigenvalue weighted by atomic mass is 19.4. The molecule has 0 radical (unpaired) electrons. The van der Waals surface area contributed by atoms with Gasteiger partial charge in [-0.05, 0) is 18.8 Å². The normalized spacial score (nSPS) is 16.5. The summed E-state index contributed by atoms with van der Waals surface area (Å²) >= 11 is 0. The van der Waals surface area contributed by atoms with E-state index in [4.69, 9.17) is 0 Å². The molecule has 0 aliphatic rings. The van der Waals surface area contributed by atoms with Crippen LogP contribution in [-0.4, -0.2) is 48.6 Å². The summed E-state index contributed by atoms with van der Waals surface area (Å²) in [5, 5.41) is 0. The summed E-state index contributed by atoms with van der Waals surface area (Å²) in [6, 6.07) is 0. The number of halogens is 12. The van der Waals surface area contributed by atoms with Gasteiger partial charge < -0.3 is 4.74 Å². The Morgan fingerprint density at radius 1 is 0.800 bits per heavy atom. The smallest absolute Gasteiger partial charge is 0.384 e. The number of alkyl halides is 12. The van der Waals surface area contributed by atoms with Crippen LogP contribution in [-0.2, 0) is 9.53 Å². The van der Waals surface area contributed by atoms with Crippen molar-refractivity contribution in [2.45, 2.75) is 76.1 Å². The van der Waals surface area contributed by atoms with Crippen LogP contribution in [0, 0.1) is 11.8 Å². The number of ether oxygens (including phenoxy) is 1. The van der Waals surface area contributed by atoms with Gasteiger partial charge in [-0.25, -0.2) is 8.78 Å². The fourth-order valence-corrected chi connectivity index (χ4v) is 2.23. The number of rotatable bonds is 12. The zero-order chi connectivity index (χ0) is 24.3. The quantitative estimate of drug-likeness (QED) is 0.242. The molecule has 0 aliphatic carbocycles. The fourth-order valence-electron chi connectivity index (χ4n) is 2.23. The first kappa shape index (κ1) is 28.6. The summed E-state index contributed by atoms with van der Waals surface area (Å²) in [4.78, 5) is 11.7. The molecule has 0 fully saturated rings. The van der Waals surface area contributed by atoms with E-state index in [1.807, 2.05) is 0 Å². The van der Waals surface area contributed by atoms with E-state index in [1.165, 1.54) is 6.92 Å². The summed E-state index contributed by atoms with van der Waals surface area (Å²) < 4.78 is 160. The molecule has 0 bridgehead atoms. The molecule has 0 rings (SSSR count). The van der Waals surface area contributed by atoms with Crippen molar-refractivity contribution in [1.82, 2.24) is 0 Å². The molecule has 0 aromatic carbocycles. The summed E-state index contributed by atoms with van der Waals surface area (Å²) in [7, 11) is 0.